The number of para-hydroxylation sites is 2. The van der Waals surface area contributed by atoms with Gasteiger partial charge in [-0.2, -0.15) is 0 Å². The number of Topliss-reactive ketones (excluding diaryl/α,β-unsaturated/α-hetero) is 1. The van der Waals surface area contributed by atoms with Gasteiger partial charge in [-0.05, 0) is 25.1 Å². The number of aliphatic hydroxyl groups excluding tert-OH is 1. The van der Waals surface area contributed by atoms with Gasteiger partial charge in [0.05, 0.1) is 6.61 Å². The molecule has 0 bridgehead atoms. The highest BCUT2D eigenvalue weighted by atomic mass is 16.3. The molecule has 0 unspecified atom stereocenters. The lowest BCUT2D eigenvalue weighted by Gasteiger charge is -2.22. The van der Waals surface area contributed by atoms with Gasteiger partial charge in [0.25, 0.3) is 0 Å². The van der Waals surface area contributed by atoms with E-state index in [-0.39, 0.29) is 31.4 Å². The van der Waals surface area contributed by atoms with Gasteiger partial charge in [0.2, 0.25) is 5.91 Å². The SMILES string of the molecule is CC(=O)c1cn(CC(=O)N(CCO)c2ccccc2)c2ccccc12. The van der Waals surface area contributed by atoms with Gasteiger partial charge in [-0.3, -0.25) is 9.59 Å². The van der Waals surface area contributed by atoms with Crippen molar-refractivity contribution in [2.45, 2.75) is 13.5 Å². The Morgan fingerprint density at radius 3 is 2.40 bits per heavy atom. The molecule has 0 aliphatic carbocycles. The maximum absolute atomic E-state index is 12.8. The number of carbonyl (C=O) groups is 2. The van der Waals surface area contributed by atoms with Gasteiger partial charge in [0.1, 0.15) is 6.54 Å². The molecule has 25 heavy (non-hydrogen) atoms. The number of aromatic nitrogens is 1. The fourth-order valence-corrected chi connectivity index (χ4v) is 2.99. The highest BCUT2D eigenvalue weighted by Gasteiger charge is 2.18. The van der Waals surface area contributed by atoms with Crippen LogP contribution >= 0.6 is 0 Å². The van der Waals surface area contributed by atoms with Gasteiger partial charge in [0.15, 0.2) is 5.78 Å². The van der Waals surface area contributed by atoms with Gasteiger partial charge in [0, 0.05) is 34.9 Å². The Bertz CT molecular complexity index is 900. The third-order valence-corrected chi connectivity index (χ3v) is 4.17. The van der Waals surface area contributed by atoms with Crippen LogP contribution in [0.5, 0.6) is 0 Å². The number of nitrogens with zero attached hydrogens (tertiary/aromatic N) is 2. The van der Waals surface area contributed by atoms with Gasteiger partial charge in [-0.25, -0.2) is 0 Å². The van der Waals surface area contributed by atoms with E-state index >= 15 is 0 Å². The molecule has 0 spiro atoms. The van der Waals surface area contributed by atoms with Crippen LogP contribution in [0.2, 0.25) is 0 Å². The molecule has 128 valence electrons. The Morgan fingerprint density at radius 1 is 1.04 bits per heavy atom. The minimum atomic E-state index is -0.142. The average Bonchev–Trinajstić information content (AvgIpc) is 2.99. The quantitative estimate of drug-likeness (QED) is 0.704. The zero-order valence-electron chi connectivity index (χ0n) is 14.1. The van der Waals surface area contributed by atoms with Gasteiger partial charge >= 0.3 is 0 Å². The van der Waals surface area contributed by atoms with E-state index in [1.54, 1.807) is 15.7 Å². The molecular weight excluding hydrogens is 316 g/mol. The van der Waals surface area contributed by atoms with E-state index in [4.69, 9.17) is 0 Å². The van der Waals surface area contributed by atoms with Crippen molar-refractivity contribution in [1.82, 2.24) is 4.57 Å². The molecule has 3 aromatic rings. The van der Waals surface area contributed by atoms with Crippen LogP contribution in [-0.2, 0) is 11.3 Å². The lowest BCUT2D eigenvalue weighted by Crippen LogP contribution is -2.36. The lowest BCUT2D eigenvalue weighted by molar-refractivity contribution is -0.119. The molecule has 0 aliphatic rings. The Kier molecular flexibility index (Phi) is 4.95. The molecule has 1 amide bonds. The molecule has 3 rings (SSSR count). The van der Waals surface area contributed by atoms with Crippen molar-refractivity contribution in [3.63, 3.8) is 0 Å². The number of amides is 1. The maximum Gasteiger partial charge on any atom is 0.246 e. The van der Waals surface area contributed by atoms with Crippen LogP contribution < -0.4 is 4.90 Å². The normalized spacial score (nSPS) is 10.8. The van der Waals surface area contributed by atoms with E-state index < -0.39 is 0 Å². The number of carbonyl (C=O) groups excluding carboxylic acids is 2. The Morgan fingerprint density at radius 2 is 1.72 bits per heavy atom. The summed E-state index contributed by atoms with van der Waals surface area (Å²) in [6, 6.07) is 16.8. The number of rotatable bonds is 6. The third kappa shape index (κ3) is 3.46. The summed E-state index contributed by atoms with van der Waals surface area (Å²) in [6.45, 7) is 1.73. The number of hydrogen-bond acceptors (Lipinski definition) is 3. The van der Waals surface area contributed by atoms with Crippen molar-refractivity contribution in [3.05, 3.63) is 66.4 Å². The second kappa shape index (κ2) is 7.32. The minimum Gasteiger partial charge on any atom is -0.395 e. The number of anilines is 1. The number of fused-ring (bicyclic) bond motifs is 1. The first kappa shape index (κ1) is 16.9. The second-order valence-electron chi connectivity index (χ2n) is 5.85. The predicted octanol–water partition coefficient (Wildman–Crippen LogP) is 2.87. The largest absolute Gasteiger partial charge is 0.395 e. The molecule has 5 nitrogen and oxygen atoms in total. The van der Waals surface area contributed by atoms with Crippen molar-refractivity contribution >= 4 is 28.3 Å². The summed E-state index contributed by atoms with van der Waals surface area (Å²) in [5.41, 5.74) is 2.19. The average molecular weight is 336 g/mol. The molecular formula is C20H20N2O3. The first-order valence-corrected chi connectivity index (χ1v) is 8.17. The van der Waals surface area contributed by atoms with Crippen LogP contribution in [0.3, 0.4) is 0 Å². The van der Waals surface area contributed by atoms with Crippen molar-refractivity contribution in [2.24, 2.45) is 0 Å². The van der Waals surface area contributed by atoms with Crippen molar-refractivity contribution < 1.29 is 14.7 Å². The van der Waals surface area contributed by atoms with Gasteiger partial charge in [-0.1, -0.05) is 36.4 Å². The molecule has 0 fully saturated rings. The fourth-order valence-electron chi connectivity index (χ4n) is 2.99. The van der Waals surface area contributed by atoms with Gasteiger partial charge < -0.3 is 14.6 Å². The molecule has 1 heterocycles. The first-order valence-electron chi connectivity index (χ1n) is 8.17. The smallest absolute Gasteiger partial charge is 0.246 e. The Labute approximate surface area is 146 Å². The summed E-state index contributed by atoms with van der Waals surface area (Å²) in [5.74, 6) is -0.172. The van der Waals surface area contributed by atoms with Crippen LogP contribution in [0.1, 0.15) is 17.3 Å². The second-order valence-corrected chi connectivity index (χ2v) is 5.85. The van der Waals surface area contributed by atoms with E-state index in [0.717, 1.165) is 16.6 Å². The zero-order valence-corrected chi connectivity index (χ0v) is 14.1. The van der Waals surface area contributed by atoms with E-state index in [2.05, 4.69) is 0 Å². The van der Waals surface area contributed by atoms with E-state index in [9.17, 15) is 14.7 Å². The van der Waals surface area contributed by atoms with E-state index in [1.165, 1.54) is 6.92 Å². The van der Waals surface area contributed by atoms with Crippen LogP contribution in [0.25, 0.3) is 10.9 Å². The number of hydrogen-bond donors (Lipinski definition) is 1. The topological polar surface area (TPSA) is 62.5 Å². The van der Waals surface area contributed by atoms with Crippen LogP contribution in [0.4, 0.5) is 5.69 Å². The summed E-state index contributed by atoms with van der Waals surface area (Å²) >= 11 is 0. The third-order valence-electron chi connectivity index (χ3n) is 4.17. The molecule has 2 aromatic carbocycles. The molecule has 0 saturated heterocycles. The maximum atomic E-state index is 12.8. The highest BCUT2D eigenvalue weighted by Crippen LogP contribution is 2.22. The first-order chi connectivity index (χ1) is 12.1. The van der Waals surface area contributed by atoms with Crippen molar-refractivity contribution in [2.75, 3.05) is 18.1 Å². The predicted molar refractivity (Wildman–Crippen MR) is 97.8 cm³/mol. The zero-order chi connectivity index (χ0) is 17.8. The van der Waals surface area contributed by atoms with Crippen LogP contribution in [0.15, 0.2) is 60.8 Å². The lowest BCUT2D eigenvalue weighted by atomic mass is 10.1. The number of ketones is 1. The molecule has 0 saturated carbocycles. The standard InChI is InChI=1S/C20H20N2O3/c1-15(24)18-13-21(19-10-6-5-9-17(18)19)14-20(25)22(11-12-23)16-7-3-2-4-8-16/h2-10,13,23H,11-12,14H2,1H3. The van der Waals surface area contributed by atoms with E-state index in [1.807, 2.05) is 54.6 Å². The fraction of sp³-hybridized carbons (Fsp3) is 0.200. The molecule has 1 N–H and O–H groups in total. The molecule has 0 atom stereocenters. The summed E-state index contributed by atoms with van der Waals surface area (Å²) in [6.07, 6.45) is 1.73. The Balaban J connectivity index is 1.94. The molecule has 1 aromatic heterocycles. The monoisotopic (exact) mass is 336 g/mol. The summed E-state index contributed by atoms with van der Waals surface area (Å²) in [5, 5.41) is 10.2. The minimum absolute atomic E-state index is 0.0299. The molecule has 0 aliphatic heterocycles. The van der Waals surface area contributed by atoms with Crippen molar-refractivity contribution in [1.29, 1.82) is 0 Å². The summed E-state index contributed by atoms with van der Waals surface area (Å²) in [7, 11) is 0. The van der Waals surface area contributed by atoms with Crippen LogP contribution in [0, 0.1) is 0 Å². The molecule has 5 heteroatoms. The Hall–Kier alpha value is -2.92. The van der Waals surface area contributed by atoms with Gasteiger partial charge in [-0.15, -0.1) is 0 Å². The summed E-state index contributed by atoms with van der Waals surface area (Å²) in [4.78, 5) is 26.3. The molecule has 0 radical (unpaired) electrons. The number of aliphatic hydroxyl groups is 1. The summed E-state index contributed by atoms with van der Waals surface area (Å²) < 4.78 is 1.79. The number of benzene rings is 2. The highest BCUT2D eigenvalue weighted by molar-refractivity contribution is 6.07. The van der Waals surface area contributed by atoms with Crippen LogP contribution in [-0.4, -0.2) is 34.5 Å². The van der Waals surface area contributed by atoms with Crippen molar-refractivity contribution in [3.8, 4) is 0 Å². The van der Waals surface area contributed by atoms with E-state index in [0.29, 0.717) is 5.56 Å².